The molecule has 0 heterocycles. The van der Waals surface area contributed by atoms with Gasteiger partial charge < -0.3 is 10.6 Å². The van der Waals surface area contributed by atoms with E-state index < -0.39 is 0 Å². The van der Waals surface area contributed by atoms with Gasteiger partial charge in [-0.05, 0) is 48.2 Å². The van der Waals surface area contributed by atoms with Gasteiger partial charge in [0, 0.05) is 21.3 Å². The third-order valence-corrected chi connectivity index (χ3v) is 3.94. The van der Waals surface area contributed by atoms with Gasteiger partial charge in [-0.3, -0.25) is 0 Å². The van der Waals surface area contributed by atoms with Crippen LogP contribution in [-0.4, -0.2) is 12.3 Å². The molecule has 2 aromatic carbocycles. The van der Waals surface area contributed by atoms with Crippen LogP contribution in [0.4, 0.5) is 10.5 Å². The second-order valence-corrected chi connectivity index (χ2v) is 6.01. The van der Waals surface area contributed by atoms with Crippen LogP contribution in [0.1, 0.15) is 5.56 Å². The van der Waals surface area contributed by atoms with Crippen molar-refractivity contribution < 1.29 is 4.79 Å². The topological polar surface area (TPSA) is 41.1 Å². The number of anilines is 1. The molecule has 2 amide bonds. The van der Waals surface area contributed by atoms with Crippen molar-refractivity contribution in [3.8, 4) is 0 Å². The molecular weight excluding hydrogens is 348 g/mol. The third-order valence-electron chi connectivity index (χ3n) is 2.69. The monoisotopic (exact) mass is 362 g/mol. The minimum absolute atomic E-state index is 0.262. The molecule has 0 fully saturated rings. The lowest BCUT2D eigenvalue weighted by atomic mass is 10.2. The summed E-state index contributed by atoms with van der Waals surface area (Å²) in [5.74, 6) is 0. The van der Waals surface area contributed by atoms with Crippen LogP contribution in [0.3, 0.4) is 0 Å². The van der Waals surface area contributed by atoms with Gasteiger partial charge in [-0.2, -0.15) is 0 Å². The molecule has 0 spiro atoms. The highest BCUT2D eigenvalue weighted by molar-refractivity contribution is 9.10. The van der Waals surface area contributed by atoms with E-state index in [1.165, 1.54) is 0 Å². The van der Waals surface area contributed by atoms with Gasteiger partial charge in [0.25, 0.3) is 0 Å². The SMILES string of the molecule is CSc1cccc(NC(=O)N/C=C/c2ccc(Br)cc2)c1. The fourth-order valence-electron chi connectivity index (χ4n) is 1.66. The van der Waals surface area contributed by atoms with Gasteiger partial charge in [-0.25, -0.2) is 4.79 Å². The molecule has 2 aromatic rings. The molecule has 0 atom stereocenters. The van der Waals surface area contributed by atoms with Gasteiger partial charge in [0.05, 0.1) is 0 Å². The summed E-state index contributed by atoms with van der Waals surface area (Å²) >= 11 is 5.02. The first-order valence-electron chi connectivity index (χ1n) is 6.31. The predicted octanol–water partition coefficient (Wildman–Crippen LogP) is 4.96. The minimum atomic E-state index is -0.262. The number of halogens is 1. The fraction of sp³-hybridized carbons (Fsp3) is 0.0625. The maximum absolute atomic E-state index is 11.8. The van der Waals surface area contributed by atoms with Crippen molar-refractivity contribution in [2.75, 3.05) is 11.6 Å². The Morgan fingerprint density at radius 3 is 2.67 bits per heavy atom. The third kappa shape index (κ3) is 5.28. The summed E-state index contributed by atoms with van der Waals surface area (Å²) < 4.78 is 1.03. The number of urea groups is 1. The molecule has 0 saturated carbocycles. The van der Waals surface area contributed by atoms with Crippen LogP contribution < -0.4 is 10.6 Å². The zero-order chi connectivity index (χ0) is 15.1. The standard InChI is InChI=1S/C16H15BrN2OS/c1-21-15-4-2-3-14(11-15)19-16(20)18-10-9-12-5-7-13(17)8-6-12/h2-11H,1H3,(H2,18,19,20)/b10-9+. The highest BCUT2D eigenvalue weighted by Crippen LogP contribution is 2.18. The average Bonchev–Trinajstić information content (AvgIpc) is 2.49. The summed E-state index contributed by atoms with van der Waals surface area (Å²) in [6.45, 7) is 0. The van der Waals surface area contributed by atoms with E-state index in [4.69, 9.17) is 0 Å². The smallest absolute Gasteiger partial charge is 0.314 e. The molecule has 0 aromatic heterocycles. The Bertz CT molecular complexity index is 641. The van der Waals surface area contributed by atoms with E-state index in [0.717, 1.165) is 20.6 Å². The van der Waals surface area contributed by atoms with E-state index >= 15 is 0 Å². The Morgan fingerprint density at radius 2 is 1.95 bits per heavy atom. The second kappa shape index (κ2) is 7.90. The van der Waals surface area contributed by atoms with Gasteiger partial charge in [0.2, 0.25) is 0 Å². The molecule has 5 heteroatoms. The first-order chi connectivity index (χ1) is 10.2. The Balaban J connectivity index is 1.88. The van der Waals surface area contributed by atoms with Gasteiger partial charge in [-0.15, -0.1) is 11.8 Å². The summed E-state index contributed by atoms with van der Waals surface area (Å²) in [7, 11) is 0. The van der Waals surface area contributed by atoms with Crippen LogP contribution in [0, 0.1) is 0 Å². The normalized spacial score (nSPS) is 10.6. The maximum Gasteiger partial charge on any atom is 0.323 e. The molecule has 0 aliphatic rings. The molecule has 108 valence electrons. The van der Waals surface area contributed by atoms with Crippen LogP contribution in [-0.2, 0) is 0 Å². The number of carbonyl (C=O) groups excluding carboxylic acids is 1. The van der Waals surface area contributed by atoms with Crippen LogP contribution in [0.2, 0.25) is 0 Å². The lowest BCUT2D eigenvalue weighted by Gasteiger charge is -2.05. The van der Waals surface area contributed by atoms with Crippen molar-refractivity contribution >= 4 is 45.5 Å². The van der Waals surface area contributed by atoms with Crippen LogP contribution >= 0.6 is 27.7 Å². The molecule has 2 rings (SSSR count). The number of amides is 2. The van der Waals surface area contributed by atoms with E-state index in [-0.39, 0.29) is 6.03 Å². The second-order valence-electron chi connectivity index (χ2n) is 4.22. The number of rotatable bonds is 4. The van der Waals surface area contributed by atoms with Crippen molar-refractivity contribution in [2.45, 2.75) is 4.90 Å². The summed E-state index contributed by atoms with van der Waals surface area (Å²) in [5, 5.41) is 5.47. The first-order valence-corrected chi connectivity index (χ1v) is 8.33. The largest absolute Gasteiger partial charge is 0.323 e. The van der Waals surface area contributed by atoms with Crippen LogP contribution in [0.5, 0.6) is 0 Å². The molecule has 0 aliphatic carbocycles. The molecule has 3 nitrogen and oxygen atoms in total. The van der Waals surface area contributed by atoms with Gasteiger partial charge in [0.1, 0.15) is 0 Å². The maximum atomic E-state index is 11.8. The highest BCUT2D eigenvalue weighted by Gasteiger charge is 1.99. The predicted molar refractivity (Wildman–Crippen MR) is 93.6 cm³/mol. The molecule has 0 unspecified atom stereocenters. The number of benzene rings is 2. The lowest BCUT2D eigenvalue weighted by molar-refractivity contribution is 0.255. The molecule has 21 heavy (non-hydrogen) atoms. The minimum Gasteiger partial charge on any atom is -0.314 e. The fourth-order valence-corrected chi connectivity index (χ4v) is 2.38. The van der Waals surface area contributed by atoms with Crippen molar-refractivity contribution in [2.24, 2.45) is 0 Å². The number of hydrogen-bond acceptors (Lipinski definition) is 2. The summed E-state index contributed by atoms with van der Waals surface area (Å²) in [4.78, 5) is 12.9. The Labute approximate surface area is 137 Å². The van der Waals surface area contributed by atoms with E-state index in [1.807, 2.05) is 60.9 Å². The van der Waals surface area contributed by atoms with Gasteiger partial charge in [-0.1, -0.05) is 34.1 Å². The van der Waals surface area contributed by atoms with E-state index in [1.54, 1.807) is 18.0 Å². The van der Waals surface area contributed by atoms with Gasteiger partial charge in [0.15, 0.2) is 0 Å². The number of thioether (sulfide) groups is 1. The molecule has 0 bridgehead atoms. The molecule has 0 radical (unpaired) electrons. The van der Waals surface area contributed by atoms with Crippen LogP contribution in [0.25, 0.3) is 6.08 Å². The average molecular weight is 363 g/mol. The number of hydrogen-bond donors (Lipinski definition) is 2. The summed E-state index contributed by atoms with van der Waals surface area (Å²) in [6, 6.07) is 15.3. The molecule has 0 saturated heterocycles. The number of nitrogens with one attached hydrogen (secondary N) is 2. The lowest BCUT2D eigenvalue weighted by Crippen LogP contribution is -2.23. The molecular formula is C16H15BrN2OS. The zero-order valence-electron chi connectivity index (χ0n) is 11.5. The Kier molecular flexibility index (Phi) is 5.90. The Morgan fingerprint density at radius 1 is 1.19 bits per heavy atom. The Hall–Kier alpha value is -1.72. The number of carbonyl (C=O) groups is 1. The van der Waals surface area contributed by atoms with Crippen LogP contribution in [0.15, 0.2) is 64.1 Å². The van der Waals surface area contributed by atoms with Crippen molar-refractivity contribution in [1.29, 1.82) is 0 Å². The van der Waals surface area contributed by atoms with Crippen molar-refractivity contribution in [3.05, 3.63) is 64.8 Å². The first kappa shape index (κ1) is 15.7. The van der Waals surface area contributed by atoms with Crippen molar-refractivity contribution in [1.82, 2.24) is 5.32 Å². The molecule has 0 aliphatic heterocycles. The van der Waals surface area contributed by atoms with E-state index in [9.17, 15) is 4.79 Å². The summed E-state index contributed by atoms with van der Waals surface area (Å²) in [5.41, 5.74) is 1.79. The van der Waals surface area contributed by atoms with E-state index in [2.05, 4.69) is 26.6 Å². The summed E-state index contributed by atoms with van der Waals surface area (Å²) in [6.07, 6.45) is 5.46. The quantitative estimate of drug-likeness (QED) is 0.754. The highest BCUT2D eigenvalue weighted by atomic mass is 79.9. The van der Waals surface area contributed by atoms with Crippen molar-refractivity contribution in [3.63, 3.8) is 0 Å². The van der Waals surface area contributed by atoms with E-state index in [0.29, 0.717) is 0 Å². The van der Waals surface area contributed by atoms with Gasteiger partial charge >= 0.3 is 6.03 Å². The molecule has 2 N–H and O–H groups in total. The zero-order valence-corrected chi connectivity index (χ0v) is 13.9.